The molecular weight excluding hydrogens is 370 g/mol. The van der Waals surface area contributed by atoms with Crippen molar-refractivity contribution in [3.8, 4) is 11.1 Å². The molecule has 0 radical (unpaired) electrons. The standard InChI is InChI=1S/C23H25NO5/c1-28-23(21(25)26)12-15(13-23)10-11-24-22(27)29-14-20-18-8-4-2-6-16(18)17-7-3-5-9-19(17)20/h2-9,15,20H,10-14H2,1H3,(H,24,27)(H,25,26). The summed E-state index contributed by atoms with van der Waals surface area (Å²) in [7, 11) is 1.43. The summed E-state index contributed by atoms with van der Waals surface area (Å²) in [4.78, 5) is 23.4. The van der Waals surface area contributed by atoms with Crippen molar-refractivity contribution in [2.75, 3.05) is 20.3 Å². The maximum absolute atomic E-state index is 12.2. The fourth-order valence-electron chi connectivity index (χ4n) is 4.53. The molecule has 0 atom stereocenters. The van der Waals surface area contributed by atoms with Crippen LogP contribution in [0.5, 0.6) is 0 Å². The molecule has 2 aromatic carbocycles. The predicted octanol–water partition coefficient (Wildman–Crippen LogP) is 3.80. The molecule has 29 heavy (non-hydrogen) atoms. The molecule has 6 nitrogen and oxygen atoms in total. The van der Waals surface area contributed by atoms with E-state index in [1.54, 1.807) is 0 Å². The van der Waals surface area contributed by atoms with E-state index in [4.69, 9.17) is 9.47 Å². The second kappa shape index (κ2) is 7.87. The number of carboxylic acids is 1. The van der Waals surface area contributed by atoms with Crippen LogP contribution < -0.4 is 5.32 Å². The van der Waals surface area contributed by atoms with Crippen LogP contribution in [-0.4, -0.2) is 43.0 Å². The molecule has 2 aromatic rings. The highest BCUT2D eigenvalue weighted by molar-refractivity contribution is 5.79. The Kier molecular flexibility index (Phi) is 5.28. The van der Waals surface area contributed by atoms with Crippen LogP contribution in [-0.2, 0) is 14.3 Å². The van der Waals surface area contributed by atoms with Gasteiger partial charge in [0.05, 0.1) is 0 Å². The van der Waals surface area contributed by atoms with Crippen molar-refractivity contribution in [2.45, 2.75) is 30.8 Å². The van der Waals surface area contributed by atoms with Crippen molar-refractivity contribution in [3.05, 3.63) is 59.7 Å². The van der Waals surface area contributed by atoms with Crippen molar-refractivity contribution in [1.82, 2.24) is 5.32 Å². The number of carbonyl (C=O) groups is 2. The number of nitrogens with one attached hydrogen (secondary N) is 1. The molecule has 1 fully saturated rings. The second-order valence-electron chi connectivity index (χ2n) is 7.82. The van der Waals surface area contributed by atoms with Crippen molar-refractivity contribution >= 4 is 12.1 Å². The SMILES string of the molecule is COC1(C(=O)O)CC(CCNC(=O)OCC2c3ccccc3-c3ccccc32)C1. The van der Waals surface area contributed by atoms with Crippen molar-refractivity contribution < 1.29 is 24.2 Å². The largest absolute Gasteiger partial charge is 0.479 e. The third-order valence-corrected chi connectivity index (χ3v) is 6.18. The number of aliphatic carboxylic acids is 1. The van der Waals surface area contributed by atoms with E-state index in [-0.39, 0.29) is 18.4 Å². The summed E-state index contributed by atoms with van der Waals surface area (Å²) in [6.45, 7) is 0.746. The van der Waals surface area contributed by atoms with E-state index in [0.29, 0.717) is 25.8 Å². The van der Waals surface area contributed by atoms with E-state index in [1.165, 1.54) is 29.4 Å². The van der Waals surface area contributed by atoms with Crippen LogP contribution in [0.4, 0.5) is 4.79 Å². The van der Waals surface area contributed by atoms with E-state index >= 15 is 0 Å². The van der Waals surface area contributed by atoms with Gasteiger partial charge in [-0.25, -0.2) is 9.59 Å². The van der Waals surface area contributed by atoms with E-state index in [1.807, 2.05) is 24.3 Å². The topological polar surface area (TPSA) is 84.9 Å². The maximum atomic E-state index is 12.2. The van der Waals surface area contributed by atoms with Crippen LogP contribution in [0.2, 0.25) is 0 Å². The van der Waals surface area contributed by atoms with Crippen molar-refractivity contribution in [3.63, 3.8) is 0 Å². The minimum absolute atomic E-state index is 0.0395. The maximum Gasteiger partial charge on any atom is 0.407 e. The molecule has 0 aromatic heterocycles. The highest BCUT2D eigenvalue weighted by Gasteiger charge is 2.50. The van der Waals surface area contributed by atoms with Gasteiger partial charge in [-0.1, -0.05) is 48.5 Å². The van der Waals surface area contributed by atoms with Crippen LogP contribution >= 0.6 is 0 Å². The first-order valence-electron chi connectivity index (χ1n) is 9.91. The Morgan fingerprint density at radius 3 is 2.21 bits per heavy atom. The van der Waals surface area contributed by atoms with Crippen LogP contribution in [0.3, 0.4) is 0 Å². The molecular formula is C23H25NO5. The summed E-state index contributed by atoms with van der Waals surface area (Å²) in [5, 5.41) is 12.0. The molecule has 0 aliphatic heterocycles. The van der Waals surface area contributed by atoms with Gasteiger partial charge < -0.3 is 19.9 Å². The van der Waals surface area contributed by atoms with Crippen LogP contribution in [0.1, 0.15) is 36.3 Å². The Morgan fingerprint density at radius 1 is 1.07 bits per heavy atom. The fourth-order valence-corrected chi connectivity index (χ4v) is 4.53. The predicted molar refractivity (Wildman–Crippen MR) is 108 cm³/mol. The molecule has 0 bridgehead atoms. The zero-order valence-electron chi connectivity index (χ0n) is 16.4. The van der Waals surface area contributed by atoms with Gasteiger partial charge in [0.1, 0.15) is 6.61 Å². The molecule has 4 rings (SSSR count). The number of rotatable bonds is 7. The van der Waals surface area contributed by atoms with Gasteiger partial charge in [0, 0.05) is 19.6 Å². The average molecular weight is 395 g/mol. The first-order chi connectivity index (χ1) is 14.0. The molecule has 2 aliphatic carbocycles. The summed E-state index contributed by atoms with van der Waals surface area (Å²) in [6, 6.07) is 16.4. The highest BCUT2D eigenvalue weighted by Crippen LogP contribution is 2.44. The average Bonchev–Trinajstić information content (AvgIpc) is 3.02. The van der Waals surface area contributed by atoms with E-state index in [9.17, 15) is 14.7 Å². The minimum atomic E-state index is -1.05. The van der Waals surface area contributed by atoms with Gasteiger partial charge in [0.2, 0.25) is 0 Å². The molecule has 0 spiro atoms. The number of hydrogen-bond donors (Lipinski definition) is 2. The lowest BCUT2D eigenvalue weighted by Crippen LogP contribution is -2.52. The van der Waals surface area contributed by atoms with E-state index < -0.39 is 17.7 Å². The molecule has 152 valence electrons. The third kappa shape index (κ3) is 3.60. The van der Waals surface area contributed by atoms with Gasteiger partial charge in [-0.3, -0.25) is 0 Å². The van der Waals surface area contributed by atoms with Crippen molar-refractivity contribution in [2.24, 2.45) is 5.92 Å². The Bertz CT molecular complexity index is 873. The van der Waals surface area contributed by atoms with Crippen LogP contribution in [0, 0.1) is 5.92 Å². The zero-order chi connectivity index (χ0) is 20.4. The summed E-state index contributed by atoms with van der Waals surface area (Å²) in [5.74, 6) is -0.640. The van der Waals surface area contributed by atoms with E-state index in [2.05, 4.69) is 29.6 Å². The Morgan fingerprint density at radius 2 is 1.66 bits per heavy atom. The van der Waals surface area contributed by atoms with Crippen molar-refractivity contribution in [1.29, 1.82) is 0 Å². The number of methoxy groups -OCH3 is 1. The molecule has 0 saturated heterocycles. The van der Waals surface area contributed by atoms with Crippen LogP contribution in [0.25, 0.3) is 11.1 Å². The smallest absolute Gasteiger partial charge is 0.407 e. The number of carboxylic acid groups (broad SMARTS) is 1. The summed E-state index contributed by atoms with van der Waals surface area (Å²) in [5.41, 5.74) is 3.71. The summed E-state index contributed by atoms with van der Waals surface area (Å²) < 4.78 is 10.6. The Balaban J connectivity index is 1.26. The summed E-state index contributed by atoms with van der Waals surface area (Å²) >= 11 is 0. The third-order valence-electron chi connectivity index (χ3n) is 6.18. The lowest BCUT2D eigenvalue weighted by molar-refractivity contribution is -0.181. The van der Waals surface area contributed by atoms with Gasteiger partial charge in [-0.15, -0.1) is 0 Å². The van der Waals surface area contributed by atoms with Crippen LogP contribution in [0.15, 0.2) is 48.5 Å². The zero-order valence-corrected chi connectivity index (χ0v) is 16.4. The van der Waals surface area contributed by atoms with E-state index in [0.717, 1.165) is 0 Å². The summed E-state index contributed by atoms with van der Waals surface area (Å²) in [6.07, 6.45) is 1.22. The minimum Gasteiger partial charge on any atom is -0.479 e. The number of carbonyl (C=O) groups excluding carboxylic acids is 1. The quantitative estimate of drug-likeness (QED) is 0.745. The number of amides is 1. The number of hydrogen-bond acceptors (Lipinski definition) is 4. The number of fused-ring (bicyclic) bond motifs is 3. The monoisotopic (exact) mass is 395 g/mol. The molecule has 1 amide bonds. The lowest BCUT2D eigenvalue weighted by atomic mass is 9.69. The molecule has 2 aliphatic rings. The Hall–Kier alpha value is -2.86. The molecule has 0 heterocycles. The first-order valence-corrected chi connectivity index (χ1v) is 9.91. The number of benzene rings is 2. The molecule has 6 heteroatoms. The normalized spacial score (nSPS) is 22.3. The highest BCUT2D eigenvalue weighted by atomic mass is 16.5. The first kappa shape index (κ1) is 19.5. The number of ether oxygens (including phenoxy) is 2. The van der Waals surface area contributed by atoms with Gasteiger partial charge in [-0.2, -0.15) is 0 Å². The molecule has 1 saturated carbocycles. The molecule has 2 N–H and O–H groups in total. The lowest BCUT2D eigenvalue weighted by Gasteiger charge is -2.43. The Labute approximate surface area is 169 Å². The second-order valence-corrected chi connectivity index (χ2v) is 7.82. The van der Waals surface area contributed by atoms with Gasteiger partial charge >= 0.3 is 12.1 Å². The van der Waals surface area contributed by atoms with Gasteiger partial charge in [0.25, 0.3) is 0 Å². The van der Waals surface area contributed by atoms with Gasteiger partial charge in [0.15, 0.2) is 5.60 Å². The van der Waals surface area contributed by atoms with Gasteiger partial charge in [-0.05, 0) is 47.4 Å². The number of alkyl carbamates (subject to hydrolysis) is 1. The fraction of sp³-hybridized carbons (Fsp3) is 0.391. The molecule has 0 unspecified atom stereocenters.